The van der Waals surface area contributed by atoms with E-state index in [2.05, 4.69) is 20.3 Å². The van der Waals surface area contributed by atoms with Crippen molar-refractivity contribution in [3.05, 3.63) is 89.4 Å². The highest BCUT2D eigenvalue weighted by Crippen LogP contribution is 2.32. The highest BCUT2D eigenvalue weighted by molar-refractivity contribution is 5.93. The van der Waals surface area contributed by atoms with Crippen LogP contribution in [0.25, 0.3) is 11.5 Å². The van der Waals surface area contributed by atoms with Gasteiger partial charge in [0.25, 0.3) is 0 Å². The molecule has 0 saturated heterocycles. The van der Waals surface area contributed by atoms with E-state index in [4.69, 9.17) is 9.84 Å². The second-order valence-corrected chi connectivity index (χ2v) is 8.66. The number of aryl methyl sites for hydroxylation is 2. The number of carbonyl (C=O) groups excluding carboxylic acids is 1. The standard InChI is InChI=1S/C27H24N4O4.CH4/c1-16-3-2-4-20(11-16)30-26(32)18-6-5-17-7-8-21(13-19(17)12-18)35-22-9-10-28-23(14-22)25-29-15-24(31-25)27(33)34;/h2-4,7-11,13-15,18H,5-6,12H2,1H3,(H,29,31)(H,30,32)(H,33,34);1H4. The van der Waals surface area contributed by atoms with Gasteiger partial charge in [0, 0.05) is 23.9 Å². The molecular weight excluding hydrogens is 456 g/mol. The van der Waals surface area contributed by atoms with Gasteiger partial charge in [0.15, 0.2) is 5.82 Å². The molecule has 1 aliphatic carbocycles. The van der Waals surface area contributed by atoms with Gasteiger partial charge in [-0.05, 0) is 73.2 Å². The summed E-state index contributed by atoms with van der Waals surface area (Å²) in [6.45, 7) is 2.00. The zero-order valence-corrected chi connectivity index (χ0v) is 19.1. The number of aromatic amines is 1. The minimum Gasteiger partial charge on any atom is -0.477 e. The highest BCUT2D eigenvalue weighted by atomic mass is 16.5. The van der Waals surface area contributed by atoms with Crippen molar-refractivity contribution in [1.82, 2.24) is 15.0 Å². The molecule has 2 aromatic heterocycles. The third-order valence-electron chi connectivity index (χ3n) is 6.08. The predicted octanol–water partition coefficient (Wildman–Crippen LogP) is 5.65. The topological polar surface area (TPSA) is 117 Å². The van der Waals surface area contributed by atoms with Crippen LogP contribution >= 0.6 is 0 Å². The van der Waals surface area contributed by atoms with Crippen LogP contribution in [-0.4, -0.2) is 31.9 Å². The smallest absolute Gasteiger partial charge is 0.353 e. The van der Waals surface area contributed by atoms with Crippen LogP contribution in [0.3, 0.4) is 0 Å². The van der Waals surface area contributed by atoms with Crippen molar-refractivity contribution in [3.63, 3.8) is 0 Å². The van der Waals surface area contributed by atoms with E-state index in [1.807, 2.05) is 49.4 Å². The summed E-state index contributed by atoms with van der Waals surface area (Å²) in [5.41, 5.74) is 4.71. The Morgan fingerprint density at radius 2 is 1.89 bits per heavy atom. The zero-order valence-electron chi connectivity index (χ0n) is 19.1. The number of nitrogens with zero attached hydrogens (tertiary/aromatic N) is 2. The van der Waals surface area contributed by atoms with Crippen molar-refractivity contribution in [1.29, 1.82) is 0 Å². The molecule has 0 radical (unpaired) electrons. The molecule has 184 valence electrons. The van der Waals surface area contributed by atoms with Crippen LogP contribution in [0, 0.1) is 12.8 Å². The molecule has 1 atom stereocenters. The Hall–Kier alpha value is -4.46. The number of carbonyl (C=O) groups is 2. The van der Waals surface area contributed by atoms with Crippen molar-refractivity contribution in [2.45, 2.75) is 33.6 Å². The lowest BCUT2D eigenvalue weighted by molar-refractivity contribution is -0.120. The minimum atomic E-state index is -1.09. The van der Waals surface area contributed by atoms with E-state index < -0.39 is 5.97 Å². The molecule has 36 heavy (non-hydrogen) atoms. The lowest BCUT2D eigenvalue weighted by Gasteiger charge is -2.24. The lowest BCUT2D eigenvalue weighted by atomic mass is 9.83. The number of pyridine rings is 1. The van der Waals surface area contributed by atoms with Gasteiger partial charge < -0.3 is 20.1 Å². The fourth-order valence-corrected chi connectivity index (χ4v) is 4.29. The Labute approximate surface area is 209 Å². The van der Waals surface area contributed by atoms with Crippen LogP contribution < -0.4 is 10.1 Å². The maximum Gasteiger partial charge on any atom is 0.353 e. The third kappa shape index (κ3) is 5.43. The van der Waals surface area contributed by atoms with Crippen molar-refractivity contribution < 1.29 is 19.4 Å². The van der Waals surface area contributed by atoms with E-state index in [1.165, 1.54) is 11.8 Å². The van der Waals surface area contributed by atoms with Gasteiger partial charge in [0.1, 0.15) is 22.9 Å². The summed E-state index contributed by atoms with van der Waals surface area (Å²) in [4.78, 5) is 35.0. The Bertz CT molecular complexity index is 1410. The van der Waals surface area contributed by atoms with Crippen molar-refractivity contribution >= 4 is 17.6 Å². The number of anilines is 1. The number of carboxylic acid groups (broad SMARTS) is 1. The fourth-order valence-electron chi connectivity index (χ4n) is 4.29. The Kier molecular flexibility index (Phi) is 7.15. The summed E-state index contributed by atoms with van der Waals surface area (Å²) >= 11 is 0. The first kappa shape index (κ1) is 24.7. The number of aromatic carboxylic acids is 1. The monoisotopic (exact) mass is 484 g/mol. The first-order valence-corrected chi connectivity index (χ1v) is 11.4. The van der Waals surface area contributed by atoms with E-state index in [1.54, 1.807) is 18.3 Å². The van der Waals surface area contributed by atoms with E-state index in [0.29, 0.717) is 29.4 Å². The molecular formula is C28H28N4O4. The van der Waals surface area contributed by atoms with Crippen LogP contribution in [0.2, 0.25) is 0 Å². The summed E-state index contributed by atoms with van der Waals surface area (Å²) in [5, 5.41) is 12.1. The molecule has 0 spiro atoms. The number of amides is 1. The predicted molar refractivity (Wildman–Crippen MR) is 137 cm³/mol. The van der Waals surface area contributed by atoms with Gasteiger partial charge >= 0.3 is 5.97 Å². The maximum absolute atomic E-state index is 12.9. The maximum atomic E-state index is 12.9. The number of hydrogen-bond acceptors (Lipinski definition) is 5. The quantitative estimate of drug-likeness (QED) is 0.326. The number of carboxylic acids is 1. The number of aromatic nitrogens is 3. The van der Waals surface area contributed by atoms with Gasteiger partial charge in [0.05, 0.1) is 6.20 Å². The van der Waals surface area contributed by atoms with E-state index >= 15 is 0 Å². The van der Waals surface area contributed by atoms with Gasteiger partial charge in [0.2, 0.25) is 5.91 Å². The van der Waals surface area contributed by atoms with Crippen molar-refractivity contribution in [3.8, 4) is 23.0 Å². The number of fused-ring (bicyclic) bond motifs is 1. The SMILES string of the molecule is C.Cc1cccc(NC(=O)C2CCc3ccc(Oc4ccnc(-c5ncc(C(=O)O)[nH]5)c4)cc3C2)c1. The molecule has 5 rings (SSSR count). The molecule has 1 amide bonds. The minimum absolute atomic E-state index is 0. The number of nitrogens with one attached hydrogen (secondary N) is 2. The van der Waals surface area contributed by atoms with Crippen molar-refractivity contribution in [2.75, 3.05) is 5.32 Å². The van der Waals surface area contributed by atoms with Gasteiger partial charge in [-0.25, -0.2) is 9.78 Å². The molecule has 2 heterocycles. The molecule has 3 N–H and O–H groups in total. The molecule has 2 aromatic carbocycles. The molecule has 0 aliphatic heterocycles. The van der Waals surface area contributed by atoms with Crippen LogP contribution in [0.5, 0.6) is 11.5 Å². The van der Waals surface area contributed by atoms with Gasteiger partial charge in [-0.2, -0.15) is 0 Å². The zero-order chi connectivity index (χ0) is 24.4. The summed E-state index contributed by atoms with van der Waals surface area (Å²) in [6.07, 6.45) is 5.13. The van der Waals surface area contributed by atoms with Gasteiger partial charge in [-0.3, -0.25) is 9.78 Å². The molecule has 0 fully saturated rings. The van der Waals surface area contributed by atoms with Crippen LogP contribution in [0.4, 0.5) is 5.69 Å². The Balaban J connectivity index is 0.00000304. The second-order valence-electron chi connectivity index (χ2n) is 8.66. The van der Waals surface area contributed by atoms with E-state index in [-0.39, 0.29) is 24.9 Å². The Morgan fingerprint density at radius 1 is 1.06 bits per heavy atom. The second kappa shape index (κ2) is 10.4. The number of H-pyrrole nitrogens is 1. The Morgan fingerprint density at radius 3 is 2.67 bits per heavy atom. The van der Waals surface area contributed by atoms with Crippen LogP contribution in [-0.2, 0) is 17.6 Å². The highest BCUT2D eigenvalue weighted by Gasteiger charge is 2.25. The average Bonchev–Trinajstić information content (AvgIpc) is 3.35. The molecule has 8 nitrogen and oxygen atoms in total. The van der Waals surface area contributed by atoms with Gasteiger partial charge in [-0.1, -0.05) is 25.6 Å². The first-order valence-electron chi connectivity index (χ1n) is 11.4. The number of benzene rings is 2. The number of ether oxygens (including phenoxy) is 1. The number of rotatable bonds is 6. The summed E-state index contributed by atoms with van der Waals surface area (Å²) < 4.78 is 6.07. The first-order chi connectivity index (χ1) is 16.9. The molecule has 1 aliphatic rings. The normalized spacial score (nSPS) is 14.3. The van der Waals surface area contributed by atoms with E-state index in [9.17, 15) is 9.59 Å². The fraction of sp³-hybridized carbons (Fsp3) is 0.214. The van der Waals surface area contributed by atoms with E-state index in [0.717, 1.165) is 29.7 Å². The van der Waals surface area contributed by atoms with Crippen molar-refractivity contribution in [2.24, 2.45) is 5.92 Å². The largest absolute Gasteiger partial charge is 0.477 e. The van der Waals surface area contributed by atoms with Crippen LogP contribution in [0.1, 0.15) is 41.0 Å². The van der Waals surface area contributed by atoms with Gasteiger partial charge in [-0.15, -0.1) is 0 Å². The number of imidazole rings is 1. The molecule has 0 bridgehead atoms. The summed E-state index contributed by atoms with van der Waals surface area (Å²) in [5.74, 6) is 0.398. The summed E-state index contributed by atoms with van der Waals surface area (Å²) in [6, 6.07) is 17.2. The third-order valence-corrected chi connectivity index (χ3v) is 6.08. The summed E-state index contributed by atoms with van der Waals surface area (Å²) in [7, 11) is 0. The lowest BCUT2D eigenvalue weighted by Crippen LogP contribution is -2.28. The molecule has 4 aromatic rings. The average molecular weight is 485 g/mol. The molecule has 1 unspecified atom stereocenters. The molecule has 8 heteroatoms. The number of hydrogen-bond donors (Lipinski definition) is 3. The van der Waals surface area contributed by atoms with Crippen LogP contribution in [0.15, 0.2) is 67.0 Å². The molecule has 0 saturated carbocycles.